The van der Waals surface area contributed by atoms with Crippen LogP contribution in [-0.2, 0) is 6.54 Å². The van der Waals surface area contributed by atoms with Crippen LogP contribution >= 0.6 is 11.3 Å². The zero-order valence-electron chi connectivity index (χ0n) is 9.25. The maximum absolute atomic E-state index is 3.47. The van der Waals surface area contributed by atoms with Crippen LogP contribution in [0, 0.1) is 6.92 Å². The van der Waals surface area contributed by atoms with Gasteiger partial charge in [-0.3, -0.25) is 0 Å². The molecule has 2 aromatic heterocycles. The van der Waals surface area contributed by atoms with Gasteiger partial charge < -0.3 is 29.0 Å². The van der Waals surface area contributed by atoms with E-state index in [-0.39, 0.29) is 24.0 Å². The first kappa shape index (κ1) is 11.9. The number of benzene rings is 1. The molecular weight excluding hydrogens is 331 g/mol. The second-order valence-corrected chi connectivity index (χ2v) is 4.92. The van der Waals surface area contributed by atoms with Gasteiger partial charge in [0.05, 0.1) is 10.9 Å². The van der Waals surface area contributed by atoms with Crippen molar-refractivity contribution in [2.24, 2.45) is 0 Å². The molecule has 0 saturated heterocycles. The lowest BCUT2D eigenvalue weighted by Crippen LogP contribution is -3.00. The summed E-state index contributed by atoms with van der Waals surface area (Å²) in [5, 5.41) is 2.70. The normalized spacial score (nSPS) is 10.9. The molecule has 1 aromatic carbocycles. The van der Waals surface area contributed by atoms with Crippen molar-refractivity contribution < 1.29 is 28.5 Å². The summed E-state index contributed by atoms with van der Waals surface area (Å²) in [4.78, 5) is 4.76. The molecule has 0 bridgehead atoms. The van der Waals surface area contributed by atoms with E-state index in [0.717, 1.165) is 6.54 Å². The summed E-state index contributed by atoms with van der Waals surface area (Å²) >= 11 is 1.84. The van der Waals surface area contributed by atoms with Crippen molar-refractivity contribution in [3.05, 3.63) is 29.3 Å². The topological polar surface area (TPSA) is 19.7 Å². The molecule has 84 valence electrons. The highest BCUT2D eigenvalue weighted by Gasteiger charge is 2.20. The number of fused-ring (bicyclic) bond motifs is 3. The molecule has 16 heavy (non-hydrogen) atoms. The van der Waals surface area contributed by atoms with E-state index < -0.39 is 0 Å². The van der Waals surface area contributed by atoms with E-state index >= 15 is 0 Å². The van der Waals surface area contributed by atoms with E-state index in [2.05, 4.69) is 47.7 Å². The highest BCUT2D eigenvalue weighted by Crippen LogP contribution is 2.27. The number of hydrogen-bond donors (Lipinski definition) is 1. The maximum atomic E-state index is 3.47. The van der Waals surface area contributed by atoms with Gasteiger partial charge in [0.1, 0.15) is 6.54 Å². The average molecular weight is 344 g/mol. The maximum Gasteiger partial charge on any atom is 0.249 e. The molecule has 0 aliphatic rings. The fourth-order valence-corrected chi connectivity index (χ4v) is 3.29. The third kappa shape index (κ3) is 1.55. The van der Waals surface area contributed by atoms with Crippen molar-refractivity contribution in [1.29, 1.82) is 0 Å². The molecule has 4 heteroatoms. The summed E-state index contributed by atoms with van der Waals surface area (Å²) in [6, 6.07) is 8.50. The molecule has 3 rings (SSSR count). The van der Waals surface area contributed by atoms with E-state index in [0.29, 0.717) is 0 Å². The number of thiazole rings is 1. The lowest BCUT2D eigenvalue weighted by molar-refractivity contribution is -0.668. The molecule has 0 saturated carbocycles. The molecule has 2 heterocycles. The van der Waals surface area contributed by atoms with Gasteiger partial charge in [0, 0.05) is 6.92 Å². The number of aryl methyl sites for hydroxylation is 2. The van der Waals surface area contributed by atoms with Gasteiger partial charge in [-0.1, -0.05) is 12.1 Å². The molecule has 1 N–H and O–H groups in total. The number of rotatable bonds is 1. The Balaban J connectivity index is 0.000000963. The Morgan fingerprint density at radius 3 is 2.81 bits per heavy atom. The number of hydrogen-bond acceptors (Lipinski definition) is 1. The van der Waals surface area contributed by atoms with Crippen LogP contribution in [0.5, 0.6) is 0 Å². The summed E-state index contributed by atoms with van der Waals surface area (Å²) in [5.41, 5.74) is 2.59. The minimum atomic E-state index is 0. The smallest absolute Gasteiger partial charge is 0.249 e. The first-order chi connectivity index (χ1) is 7.31. The van der Waals surface area contributed by atoms with Crippen LogP contribution in [0.4, 0.5) is 0 Å². The van der Waals surface area contributed by atoms with Gasteiger partial charge in [-0.25, -0.2) is 0 Å². The second-order valence-electron chi connectivity index (χ2n) is 3.71. The van der Waals surface area contributed by atoms with E-state index in [1.807, 2.05) is 11.3 Å². The summed E-state index contributed by atoms with van der Waals surface area (Å²) in [6.07, 6.45) is 0. The quantitative estimate of drug-likeness (QED) is 0.474. The van der Waals surface area contributed by atoms with E-state index in [9.17, 15) is 0 Å². The third-order valence-corrected chi connectivity index (χ3v) is 3.88. The SMILES string of the molecule is CC[n+]1c(C)sc2[nH]c3ccccc3c21.[I-]. The van der Waals surface area contributed by atoms with Crippen molar-refractivity contribution in [3.63, 3.8) is 0 Å². The number of aromatic nitrogens is 2. The molecule has 0 fully saturated rings. The Kier molecular flexibility index (Phi) is 3.21. The average Bonchev–Trinajstić information content (AvgIpc) is 2.72. The van der Waals surface area contributed by atoms with Crippen molar-refractivity contribution in [3.8, 4) is 0 Å². The standard InChI is InChI=1S/C12H13N2S.HI/c1-3-14-8(2)15-12-11(14)9-6-4-5-7-10(9)13-12;/h4-7,13H,3H2,1-2H3;1H/q+1;/p-1. The van der Waals surface area contributed by atoms with Crippen LogP contribution in [0.2, 0.25) is 0 Å². The van der Waals surface area contributed by atoms with Gasteiger partial charge in [-0.15, -0.1) is 0 Å². The first-order valence-corrected chi connectivity index (χ1v) is 6.02. The molecular formula is C12H13IN2S. The van der Waals surface area contributed by atoms with Gasteiger partial charge >= 0.3 is 0 Å². The van der Waals surface area contributed by atoms with E-state index in [1.54, 1.807) is 0 Å². The Morgan fingerprint density at radius 2 is 2.06 bits per heavy atom. The lowest BCUT2D eigenvalue weighted by atomic mass is 10.2. The van der Waals surface area contributed by atoms with Crippen molar-refractivity contribution in [2.45, 2.75) is 20.4 Å². The van der Waals surface area contributed by atoms with Crippen molar-refractivity contribution >= 4 is 32.6 Å². The summed E-state index contributed by atoms with van der Waals surface area (Å²) < 4.78 is 2.37. The molecule has 0 amide bonds. The summed E-state index contributed by atoms with van der Waals surface area (Å²) in [5.74, 6) is 0. The fraction of sp³-hybridized carbons (Fsp3) is 0.250. The minimum Gasteiger partial charge on any atom is -1.00 e. The number of nitrogens with one attached hydrogen (secondary N) is 1. The minimum absolute atomic E-state index is 0. The zero-order valence-corrected chi connectivity index (χ0v) is 12.2. The van der Waals surface area contributed by atoms with Gasteiger partial charge in [-0.05, 0) is 30.4 Å². The first-order valence-electron chi connectivity index (χ1n) is 5.21. The fourth-order valence-electron chi connectivity index (χ4n) is 2.19. The predicted octanol–water partition coefficient (Wildman–Crippen LogP) is 0.00242. The molecule has 0 aliphatic heterocycles. The Morgan fingerprint density at radius 1 is 1.31 bits per heavy atom. The van der Waals surface area contributed by atoms with Crippen LogP contribution in [0.25, 0.3) is 21.3 Å². The van der Waals surface area contributed by atoms with Crippen LogP contribution in [0.3, 0.4) is 0 Å². The largest absolute Gasteiger partial charge is 1.00 e. The molecule has 0 aliphatic carbocycles. The van der Waals surface area contributed by atoms with Gasteiger partial charge in [-0.2, -0.15) is 4.57 Å². The molecule has 3 aromatic rings. The Bertz CT molecular complexity index is 639. The monoisotopic (exact) mass is 344 g/mol. The van der Waals surface area contributed by atoms with Crippen LogP contribution in [-0.4, -0.2) is 4.98 Å². The van der Waals surface area contributed by atoms with Crippen LogP contribution < -0.4 is 28.5 Å². The van der Waals surface area contributed by atoms with Gasteiger partial charge in [0.15, 0.2) is 4.83 Å². The van der Waals surface area contributed by atoms with Crippen LogP contribution in [0.15, 0.2) is 24.3 Å². The number of H-pyrrole nitrogens is 1. The molecule has 0 atom stereocenters. The van der Waals surface area contributed by atoms with Gasteiger partial charge in [0.2, 0.25) is 10.5 Å². The van der Waals surface area contributed by atoms with E-state index in [4.69, 9.17) is 0 Å². The second kappa shape index (κ2) is 4.33. The molecule has 0 spiro atoms. The number of aromatic amines is 1. The highest BCUT2D eigenvalue weighted by molar-refractivity contribution is 7.17. The zero-order chi connectivity index (χ0) is 10.4. The molecule has 0 unspecified atom stereocenters. The molecule has 2 nitrogen and oxygen atoms in total. The third-order valence-electron chi connectivity index (χ3n) is 2.86. The Labute approximate surface area is 115 Å². The van der Waals surface area contributed by atoms with Crippen molar-refractivity contribution in [1.82, 2.24) is 4.98 Å². The lowest BCUT2D eigenvalue weighted by Gasteiger charge is -1.90. The Hall–Kier alpha value is -0.620. The number of halogens is 1. The van der Waals surface area contributed by atoms with E-state index in [1.165, 1.54) is 26.3 Å². The predicted molar refractivity (Wildman–Crippen MR) is 64.3 cm³/mol. The summed E-state index contributed by atoms with van der Waals surface area (Å²) in [7, 11) is 0. The number of para-hydroxylation sites is 1. The number of nitrogens with zero attached hydrogens (tertiary/aromatic N) is 1. The van der Waals surface area contributed by atoms with Crippen LogP contribution in [0.1, 0.15) is 11.9 Å². The molecule has 0 radical (unpaired) electrons. The van der Waals surface area contributed by atoms with Gasteiger partial charge in [0.25, 0.3) is 0 Å². The summed E-state index contributed by atoms with van der Waals surface area (Å²) in [6.45, 7) is 5.41. The highest BCUT2D eigenvalue weighted by atomic mass is 127. The van der Waals surface area contributed by atoms with Crippen molar-refractivity contribution in [2.75, 3.05) is 0 Å².